The number of amides is 1. The first-order valence-corrected chi connectivity index (χ1v) is 6.90. The van der Waals surface area contributed by atoms with Crippen LogP contribution in [0.2, 0.25) is 0 Å². The van der Waals surface area contributed by atoms with Crippen LogP contribution in [0.3, 0.4) is 0 Å². The van der Waals surface area contributed by atoms with Crippen molar-refractivity contribution in [3.63, 3.8) is 0 Å². The van der Waals surface area contributed by atoms with Gasteiger partial charge in [0, 0.05) is 43.8 Å². The Balaban J connectivity index is 1.53. The molecule has 1 atom stereocenters. The lowest BCUT2D eigenvalue weighted by molar-refractivity contribution is -0.140. The predicted octanol–water partition coefficient (Wildman–Crippen LogP) is 1.54. The highest BCUT2D eigenvalue weighted by atomic mass is 16.2. The van der Waals surface area contributed by atoms with E-state index < -0.39 is 0 Å². The van der Waals surface area contributed by atoms with Crippen molar-refractivity contribution >= 4 is 5.91 Å². The van der Waals surface area contributed by atoms with Gasteiger partial charge in [-0.05, 0) is 23.8 Å². The summed E-state index contributed by atoms with van der Waals surface area (Å²) in [7, 11) is 0. The van der Waals surface area contributed by atoms with Crippen molar-refractivity contribution in [2.45, 2.75) is 19.4 Å². The lowest BCUT2D eigenvalue weighted by Gasteiger charge is -2.40. The molecule has 20 heavy (non-hydrogen) atoms. The molecule has 1 unspecified atom stereocenters. The SMILES string of the molecule is CC(Cn1cccn1)C(=O)N1CC(c2ccncc2)C1. The second-order valence-electron chi connectivity index (χ2n) is 5.35. The normalized spacial score (nSPS) is 16.8. The molecule has 5 heteroatoms. The fraction of sp³-hybridized carbons (Fsp3) is 0.400. The fourth-order valence-electron chi connectivity index (χ4n) is 2.58. The predicted molar refractivity (Wildman–Crippen MR) is 74.9 cm³/mol. The van der Waals surface area contributed by atoms with E-state index in [1.807, 2.05) is 40.9 Å². The molecule has 1 amide bonds. The van der Waals surface area contributed by atoms with Crippen LogP contribution in [0.1, 0.15) is 18.4 Å². The first kappa shape index (κ1) is 12.8. The third-order valence-electron chi connectivity index (χ3n) is 3.81. The number of hydrogen-bond acceptors (Lipinski definition) is 3. The number of hydrogen-bond donors (Lipinski definition) is 0. The van der Waals surface area contributed by atoms with Crippen LogP contribution in [-0.2, 0) is 11.3 Å². The second-order valence-corrected chi connectivity index (χ2v) is 5.35. The highest BCUT2D eigenvalue weighted by Crippen LogP contribution is 2.27. The van der Waals surface area contributed by atoms with E-state index in [4.69, 9.17) is 0 Å². The standard InChI is InChI=1S/C15H18N4O/c1-12(9-19-8-2-5-17-19)15(20)18-10-14(11-18)13-3-6-16-7-4-13/h2-8,12,14H,9-11H2,1H3. The van der Waals surface area contributed by atoms with Gasteiger partial charge in [0.15, 0.2) is 0 Å². The van der Waals surface area contributed by atoms with E-state index in [-0.39, 0.29) is 11.8 Å². The maximum absolute atomic E-state index is 12.3. The Kier molecular flexibility index (Phi) is 3.50. The summed E-state index contributed by atoms with van der Waals surface area (Å²) in [5.74, 6) is 0.637. The fourth-order valence-corrected chi connectivity index (χ4v) is 2.58. The van der Waals surface area contributed by atoms with Crippen LogP contribution in [0.4, 0.5) is 0 Å². The Hall–Kier alpha value is -2.17. The van der Waals surface area contributed by atoms with Gasteiger partial charge in [0.2, 0.25) is 5.91 Å². The van der Waals surface area contributed by atoms with Crippen LogP contribution < -0.4 is 0 Å². The van der Waals surface area contributed by atoms with Crippen molar-refractivity contribution in [1.82, 2.24) is 19.7 Å². The molecule has 0 N–H and O–H groups in total. The maximum Gasteiger partial charge on any atom is 0.227 e. The third-order valence-corrected chi connectivity index (χ3v) is 3.81. The van der Waals surface area contributed by atoms with E-state index >= 15 is 0 Å². The van der Waals surface area contributed by atoms with Gasteiger partial charge in [0.1, 0.15) is 0 Å². The molecule has 1 aliphatic rings. The Morgan fingerprint density at radius 3 is 2.75 bits per heavy atom. The number of carbonyl (C=O) groups is 1. The largest absolute Gasteiger partial charge is 0.341 e. The highest BCUT2D eigenvalue weighted by Gasteiger charge is 2.33. The van der Waals surface area contributed by atoms with Gasteiger partial charge in [-0.1, -0.05) is 6.92 Å². The molecule has 0 aromatic carbocycles. The second kappa shape index (κ2) is 5.45. The summed E-state index contributed by atoms with van der Waals surface area (Å²) in [5, 5.41) is 4.14. The Morgan fingerprint density at radius 2 is 2.10 bits per heavy atom. The minimum absolute atomic E-state index is 0.0340. The van der Waals surface area contributed by atoms with Crippen molar-refractivity contribution < 1.29 is 4.79 Å². The molecule has 2 aromatic heterocycles. The summed E-state index contributed by atoms with van der Waals surface area (Å²) in [6, 6.07) is 5.93. The van der Waals surface area contributed by atoms with E-state index in [2.05, 4.69) is 10.1 Å². The summed E-state index contributed by atoms with van der Waals surface area (Å²) in [5.41, 5.74) is 1.27. The van der Waals surface area contributed by atoms with Gasteiger partial charge in [0.05, 0.1) is 12.5 Å². The van der Waals surface area contributed by atoms with E-state index in [9.17, 15) is 4.79 Å². The summed E-state index contributed by atoms with van der Waals surface area (Å²) in [6.07, 6.45) is 7.24. The first-order valence-electron chi connectivity index (χ1n) is 6.90. The van der Waals surface area contributed by atoms with Crippen LogP contribution in [0, 0.1) is 5.92 Å². The molecule has 0 bridgehead atoms. The molecule has 1 fully saturated rings. The van der Waals surface area contributed by atoms with Gasteiger partial charge in [-0.2, -0.15) is 5.10 Å². The summed E-state index contributed by atoms with van der Waals surface area (Å²) < 4.78 is 1.81. The molecule has 3 rings (SSSR count). The van der Waals surface area contributed by atoms with Gasteiger partial charge in [-0.3, -0.25) is 14.5 Å². The molecular weight excluding hydrogens is 252 g/mol. The van der Waals surface area contributed by atoms with Gasteiger partial charge in [0.25, 0.3) is 0 Å². The summed E-state index contributed by atoms with van der Waals surface area (Å²) in [4.78, 5) is 18.3. The molecule has 5 nitrogen and oxygen atoms in total. The number of rotatable bonds is 4. The van der Waals surface area contributed by atoms with Crippen molar-refractivity contribution in [2.24, 2.45) is 5.92 Å². The quantitative estimate of drug-likeness (QED) is 0.847. The Morgan fingerprint density at radius 1 is 1.35 bits per heavy atom. The minimum atomic E-state index is -0.0340. The van der Waals surface area contributed by atoms with E-state index in [1.54, 1.807) is 18.6 Å². The summed E-state index contributed by atoms with van der Waals surface area (Å²) >= 11 is 0. The molecule has 1 aliphatic heterocycles. The smallest absolute Gasteiger partial charge is 0.227 e. The van der Waals surface area contributed by atoms with Crippen molar-refractivity contribution in [1.29, 1.82) is 0 Å². The number of carbonyl (C=O) groups excluding carboxylic acids is 1. The molecule has 0 saturated carbocycles. The van der Waals surface area contributed by atoms with Crippen molar-refractivity contribution in [3.8, 4) is 0 Å². The molecule has 0 radical (unpaired) electrons. The molecule has 2 aromatic rings. The van der Waals surface area contributed by atoms with Crippen LogP contribution in [0.15, 0.2) is 43.0 Å². The van der Waals surface area contributed by atoms with E-state index in [1.165, 1.54) is 5.56 Å². The molecule has 3 heterocycles. The zero-order valence-corrected chi connectivity index (χ0v) is 11.5. The van der Waals surface area contributed by atoms with Crippen LogP contribution in [0.25, 0.3) is 0 Å². The Labute approximate surface area is 118 Å². The minimum Gasteiger partial charge on any atom is -0.341 e. The number of likely N-dealkylation sites (tertiary alicyclic amines) is 1. The maximum atomic E-state index is 12.3. The number of pyridine rings is 1. The van der Waals surface area contributed by atoms with E-state index in [0.717, 1.165) is 13.1 Å². The third kappa shape index (κ3) is 2.57. The van der Waals surface area contributed by atoms with Gasteiger partial charge >= 0.3 is 0 Å². The molecule has 0 spiro atoms. The van der Waals surface area contributed by atoms with Gasteiger partial charge in [-0.15, -0.1) is 0 Å². The number of aromatic nitrogens is 3. The lowest BCUT2D eigenvalue weighted by Crippen LogP contribution is -2.50. The first-order chi connectivity index (χ1) is 9.74. The van der Waals surface area contributed by atoms with E-state index in [0.29, 0.717) is 12.5 Å². The summed E-state index contributed by atoms with van der Waals surface area (Å²) in [6.45, 7) is 4.23. The van der Waals surface area contributed by atoms with Crippen molar-refractivity contribution in [3.05, 3.63) is 48.5 Å². The monoisotopic (exact) mass is 270 g/mol. The molecule has 0 aliphatic carbocycles. The van der Waals surface area contributed by atoms with Gasteiger partial charge < -0.3 is 4.90 Å². The van der Waals surface area contributed by atoms with Crippen LogP contribution in [0.5, 0.6) is 0 Å². The zero-order chi connectivity index (χ0) is 13.9. The van der Waals surface area contributed by atoms with Crippen molar-refractivity contribution in [2.75, 3.05) is 13.1 Å². The average Bonchev–Trinajstić information content (AvgIpc) is 2.91. The average molecular weight is 270 g/mol. The molecule has 104 valence electrons. The zero-order valence-electron chi connectivity index (χ0n) is 11.5. The highest BCUT2D eigenvalue weighted by molar-refractivity contribution is 5.79. The number of nitrogens with zero attached hydrogens (tertiary/aromatic N) is 4. The van der Waals surface area contributed by atoms with Crippen LogP contribution >= 0.6 is 0 Å². The van der Waals surface area contributed by atoms with Crippen LogP contribution in [-0.4, -0.2) is 38.7 Å². The molecular formula is C15H18N4O. The topological polar surface area (TPSA) is 51.0 Å². The van der Waals surface area contributed by atoms with Gasteiger partial charge in [-0.25, -0.2) is 0 Å². The lowest BCUT2D eigenvalue weighted by atomic mass is 9.91. The molecule has 1 saturated heterocycles. The Bertz CT molecular complexity index is 561.